The highest BCUT2D eigenvalue weighted by Crippen LogP contribution is 2.34. The molecule has 20 heavy (non-hydrogen) atoms. The van der Waals surface area contributed by atoms with Crippen LogP contribution in [-0.2, 0) is 16.0 Å². The number of aryl methyl sites for hydroxylation is 1. The van der Waals surface area contributed by atoms with E-state index in [9.17, 15) is 9.59 Å². The van der Waals surface area contributed by atoms with Crippen molar-refractivity contribution in [2.24, 2.45) is 0 Å². The molecule has 1 unspecified atom stereocenters. The summed E-state index contributed by atoms with van der Waals surface area (Å²) in [4.78, 5) is 24.4. The number of hydrogen-bond acceptors (Lipinski definition) is 2. The van der Waals surface area contributed by atoms with E-state index in [1.54, 1.807) is 6.92 Å². The van der Waals surface area contributed by atoms with Crippen LogP contribution in [0.5, 0.6) is 0 Å². The Morgan fingerprint density at radius 2 is 2.10 bits per heavy atom. The quantitative estimate of drug-likeness (QED) is 0.899. The van der Waals surface area contributed by atoms with E-state index >= 15 is 0 Å². The van der Waals surface area contributed by atoms with Crippen molar-refractivity contribution in [3.8, 4) is 0 Å². The normalized spacial score (nSPS) is 17.4. The first-order valence-corrected chi connectivity index (χ1v) is 7.16. The Bertz CT molecular complexity index is 498. The molecule has 0 bridgehead atoms. The molecule has 1 aliphatic carbocycles. The molecule has 0 aliphatic heterocycles. The molecule has 0 saturated heterocycles. The summed E-state index contributed by atoms with van der Waals surface area (Å²) in [6.45, 7) is 2.08. The largest absolute Gasteiger partial charge is 0.481 e. The van der Waals surface area contributed by atoms with Gasteiger partial charge in [-0.1, -0.05) is 24.3 Å². The molecule has 0 heterocycles. The highest BCUT2D eigenvalue weighted by molar-refractivity contribution is 5.74. The molecule has 4 nitrogen and oxygen atoms in total. The third-order valence-electron chi connectivity index (χ3n) is 3.91. The second kappa shape index (κ2) is 6.55. The Morgan fingerprint density at radius 1 is 1.35 bits per heavy atom. The zero-order valence-electron chi connectivity index (χ0n) is 11.8. The minimum absolute atomic E-state index is 0.0251. The van der Waals surface area contributed by atoms with E-state index in [-0.39, 0.29) is 18.4 Å². The van der Waals surface area contributed by atoms with Crippen LogP contribution in [0.2, 0.25) is 0 Å². The highest BCUT2D eigenvalue weighted by Gasteiger charge is 2.27. The maximum atomic E-state index is 11.9. The first-order chi connectivity index (χ1) is 9.59. The Balaban J connectivity index is 2.14. The van der Waals surface area contributed by atoms with Gasteiger partial charge in [-0.15, -0.1) is 0 Å². The van der Waals surface area contributed by atoms with Crippen LogP contribution >= 0.6 is 0 Å². The minimum atomic E-state index is -0.808. The summed E-state index contributed by atoms with van der Waals surface area (Å²) in [6.07, 6.45) is 3.72. The molecule has 0 fully saturated rings. The number of nitrogens with zero attached hydrogens (tertiary/aromatic N) is 1. The monoisotopic (exact) mass is 275 g/mol. The van der Waals surface area contributed by atoms with Crippen molar-refractivity contribution in [3.05, 3.63) is 35.4 Å². The van der Waals surface area contributed by atoms with E-state index in [2.05, 4.69) is 12.1 Å². The molecular formula is C16H21NO3. The number of carboxylic acid groups (broad SMARTS) is 1. The maximum Gasteiger partial charge on any atom is 0.303 e. The van der Waals surface area contributed by atoms with E-state index in [1.165, 1.54) is 11.1 Å². The lowest BCUT2D eigenvalue weighted by Gasteiger charge is -2.35. The summed E-state index contributed by atoms with van der Waals surface area (Å²) >= 11 is 0. The Morgan fingerprint density at radius 3 is 2.80 bits per heavy atom. The fourth-order valence-corrected chi connectivity index (χ4v) is 2.99. The Kier molecular flexibility index (Phi) is 4.77. The van der Waals surface area contributed by atoms with Gasteiger partial charge in [0.1, 0.15) is 0 Å². The van der Waals surface area contributed by atoms with Crippen molar-refractivity contribution < 1.29 is 14.7 Å². The second-order valence-electron chi connectivity index (χ2n) is 5.32. The van der Waals surface area contributed by atoms with Gasteiger partial charge >= 0.3 is 5.97 Å². The number of aliphatic carboxylic acids is 1. The van der Waals surface area contributed by atoms with Crippen LogP contribution in [0.15, 0.2) is 24.3 Å². The lowest BCUT2D eigenvalue weighted by molar-refractivity contribution is -0.138. The molecule has 1 aliphatic rings. The standard InChI is InChI=1S/C16H21NO3/c1-12(18)17(11-5-10-16(19)20)15-9-4-7-13-6-2-3-8-14(13)15/h2-3,6,8,15H,4-5,7,9-11H2,1H3,(H,19,20). The molecule has 1 aromatic carbocycles. The SMILES string of the molecule is CC(=O)N(CCCC(=O)O)C1CCCc2ccccc21. The number of carbonyl (C=O) groups excluding carboxylic acids is 1. The molecule has 0 saturated carbocycles. The molecule has 108 valence electrons. The second-order valence-corrected chi connectivity index (χ2v) is 5.32. The van der Waals surface area contributed by atoms with E-state index in [1.807, 2.05) is 17.0 Å². The van der Waals surface area contributed by atoms with E-state index in [4.69, 9.17) is 5.11 Å². The molecule has 0 spiro atoms. The molecule has 2 rings (SSSR count). The van der Waals surface area contributed by atoms with Gasteiger partial charge in [-0.05, 0) is 36.8 Å². The third kappa shape index (κ3) is 3.38. The smallest absolute Gasteiger partial charge is 0.303 e. The van der Waals surface area contributed by atoms with E-state index in [0.717, 1.165) is 19.3 Å². The molecule has 1 aromatic rings. The lowest BCUT2D eigenvalue weighted by atomic mass is 9.86. The van der Waals surface area contributed by atoms with E-state index in [0.29, 0.717) is 13.0 Å². The van der Waals surface area contributed by atoms with Crippen LogP contribution in [0, 0.1) is 0 Å². The fraction of sp³-hybridized carbons (Fsp3) is 0.500. The zero-order valence-corrected chi connectivity index (χ0v) is 11.8. The van der Waals surface area contributed by atoms with Crippen molar-refractivity contribution in [2.45, 2.75) is 45.1 Å². The number of hydrogen-bond donors (Lipinski definition) is 1. The van der Waals surface area contributed by atoms with Gasteiger partial charge in [0.15, 0.2) is 0 Å². The summed E-state index contributed by atoms with van der Waals surface area (Å²) in [5.74, 6) is -0.783. The van der Waals surface area contributed by atoms with Gasteiger partial charge in [0.25, 0.3) is 0 Å². The number of fused-ring (bicyclic) bond motifs is 1. The van der Waals surface area contributed by atoms with Crippen LogP contribution in [-0.4, -0.2) is 28.4 Å². The van der Waals surface area contributed by atoms with E-state index < -0.39 is 5.97 Å². The highest BCUT2D eigenvalue weighted by atomic mass is 16.4. The van der Waals surface area contributed by atoms with Crippen LogP contribution in [0.4, 0.5) is 0 Å². The summed E-state index contributed by atoms with van der Waals surface area (Å²) in [6, 6.07) is 8.35. The number of rotatable bonds is 5. The first-order valence-electron chi connectivity index (χ1n) is 7.16. The van der Waals surface area contributed by atoms with Gasteiger partial charge in [-0.3, -0.25) is 9.59 Å². The molecular weight excluding hydrogens is 254 g/mol. The summed E-state index contributed by atoms with van der Waals surface area (Å²) in [5, 5.41) is 8.73. The maximum absolute atomic E-state index is 11.9. The number of amides is 1. The van der Waals surface area contributed by atoms with Crippen molar-refractivity contribution >= 4 is 11.9 Å². The number of carbonyl (C=O) groups is 2. The van der Waals surface area contributed by atoms with Crippen LogP contribution in [0.25, 0.3) is 0 Å². The molecule has 4 heteroatoms. The van der Waals surface area contributed by atoms with Gasteiger partial charge in [0.05, 0.1) is 6.04 Å². The number of carboxylic acids is 1. The van der Waals surface area contributed by atoms with Crippen molar-refractivity contribution in [1.29, 1.82) is 0 Å². The zero-order chi connectivity index (χ0) is 14.5. The summed E-state index contributed by atoms with van der Waals surface area (Å²) in [7, 11) is 0. The molecule has 1 amide bonds. The van der Waals surface area contributed by atoms with Gasteiger partial charge in [-0.2, -0.15) is 0 Å². The van der Waals surface area contributed by atoms with Gasteiger partial charge < -0.3 is 10.0 Å². The Labute approximate surface area is 119 Å². The average Bonchev–Trinajstić information content (AvgIpc) is 2.42. The summed E-state index contributed by atoms with van der Waals surface area (Å²) < 4.78 is 0. The van der Waals surface area contributed by atoms with Gasteiger partial charge in [-0.25, -0.2) is 0 Å². The summed E-state index contributed by atoms with van der Waals surface area (Å²) in [5.41, 5.74) is 2.54. The van der Waals surface area contributed by atoms with Gasteiger partial charge in [0, 0.05) is 19.9 Å². The molecule has 0 aromatic heterocycles. The predicted octanol–water partition coefficient (Wildman–Crippen LogP) is 2.78. The van der Waals surface area contributed by atoms with Crippen LogP contribution in [0.3, 0.4) is 0 Å². The first kappa shape index (κ1) is 14.6. The van der Waals surface area contributed by atoms with Crippen LogP contribution < -0.4 is 0 Å². The lowest BCUT2D eigenvalue weighted by Crippen LogP contribution is -2.36. The molecule has 1 N–H and O–H groups in total. The number of benzene rings is 1. The topological polar surface area (TPSA) is 57.6 Å². The minimum Gasteiger partial charge on any atom is -0.481 e. The molecule has 1 atom stereocenters. The van der Waals surface area contributed by atoms with Crippen LogP contribution in [0.1, 0.15) is 49.8 Å². The Hall–Kier alpha value is -1.84. The van der Waals surface area contributed by atoms with Crippen molar-refractivity contribution in [3.63, 3.8) is 0 Å². The third-order valence-corrected chi connectivity index (χ3v) is 3.91. The van der Waals surface area contributed by atoms with Crippen molar-refractivity contribution in [2.75, 3.05) is 6.54 Å². The molecule has 0 radical (unpaired) electrons. The predicted molar refractivity (Wildman–Crippen MR) is 76.4 cm³/mol. The van der Waals surface area contributed by atoms with Gasteiger partial charge in [0.2, 0.25) is 5.91 Å². The average molecular weight is 275 g/mol. The van der Waals surface area contributed by atoms with Crippen molar-refractivity contribution in [1.82, 2.24) is 4.90 Å². The fourth-order valence-electron chi connectivity index (χ4n) is 2.99.